The van der Waals surface area contributed by atoms with Crippen LogP contribution in [-0.4, -0.2) is 45.8 Å². The number of rotatable bonds is 10. The van der Waals surface area contributed by atoms with E-state index in [1.165, 1.54) is 11.8 Å². The summed E-state index contributed by atoms with van der Waals surface area (Å²) >= 11 is 1.27. The molecule has 1 aromatic heterocycles. The second-order valence-electron chi connectivity index (χ2n) is 7.76. The topological polar surface area (TPSA) is 111 Å². The van der Waals surface area contributed by atoms with Crippen LogP contribution in [0.15, 0.2) is 84.0 Å². The Hall–Kier alpha value is -4.44. The summed E-state index contributed by atoms with van der Waals surface area (Å²) in [5, 5.41) is 18.9. The van der Waals surface area contributed by atoms with Crippen LogP contribution in [0.25, 0.3) is 22.8 Å². The summed E-state index contributed by atoms with van der Waals surface area (Å²) < 4.78 is 12.7. The number of benzene rings is 3. The van der Waals surface area contributed by atoms with E-state index in [9.17, 15) is 9.90 Å². The van der Waals surface area contributed by atoms with E-state index >= 15 is 0 Å². The van der Waals surface area contributed by atoms with Gasteiger partial charge in [-0.2, -0.15) is 0 Å². The van der Waals surface area contributed by atoms with Gasteiger partial charge in [0.15, 0.2) is 22.5 Å². The molecule has 3 N–H and O–H groups in total. The van der Waals surface area contributed by atoms with Crippen LogP contribution >= 0.6 is 11.8 Å². The maximum Gasteiger partial charge on any atom is 0.248 e. The predicted molar refractivity (Wildman–Crippen MR) is 144 cm³/mol. The van der Waals surface area contributed by atoms with Crippen molar-refractivity contribution in [2.75, 3.05) is 20.0 Å². The molecule has 0 aliphatic carbocycles. The summed E-state index contributed by atoms with van der Waals surface area (Å²) in [5.41, 5.74) is 8.85. The van der Waals surface area contributed by atoms with Gasteiger partial charge in [0.1, 0.15) is 5.75 Å². The number of nitrogens with one attached hydrogen (secondary N) is 2. The molecule has 0 aliphatic heterocycles. The van der Waals surface area contributed by atoms with Crippen LogP contribution in [0, 0.1) is 0 Å². The molecule has 0 unspecified atom stereocenters. The van der Waals surface area contributed by atoms with E-state index in [1.54, 1.807) is 38.5 Å². The van der Waals surface area contributed by atoms with Gasteiger partial charge < -0.3 is 14.6 Å². The smallest absolute Gasteiger partial charge is 0.248 e. The van der Waals surface area contributed by atoms with Crippen molar-refractivity contribution in [1.29, 1.82) is 0 Å². The van der Waals surface area contributed by atoms with Crippen molar-refractivity contribution in [1.82, 2.24) is 25.6 Å². The number of allylic oxidation sites excluding steroid dienone is 1. The van der Waals surface area contributed by atoms with Crippen molar-refractivity contribution < 1.29 is 19.4 Å². The van der Waals surface area contributed by atoms with E-state index < -0.39 is 0 Å². The maximum absolute atomic E-state index is 12.7. The number of carbonyl (C=O) groups is 1. The molecule has 0 radical (unpaired) electrons. The van der Waals surface area contributed by atoms with E-state index in [2.05, 4.69) is 21.0 Å². The van der Waals surface area contributed by atoms with Gasteiger partial charge in [0.25, 0.3) is 0 Å². The molecule has 0 bridgehead atoms. The van der Waals surface area contributed by atoms with Gasteiger partial charge in [-0.05, 0) is 67.1 Å². The molecule has 9 nitrogen and oxygen atoms in total. The van der Waals surface area contributed by atoms with Gasteiger partial charge >= 0.3 is 0 Å². The molecular weight excluding hydrogens is 490 g/mol. The first kappa shape index (κ1) is 25.6. The highest BCUT2D eigenvalue weighted by Crippen LogP contribution is 2.34. The number of aromatic hydroxyl groups is 1. The Morgan fingerprint density at radius 3 is 2.38 bits per heavy atom. The molecule has 0 saturated carbocycles. The van der Waals surface area contributed by atoms with Crippen molar-refractivity contribution in [2.45, 2.75) is 12.1 Å². The molecule has 1 heterocycles. The molecule has 0 aliphatic rings. The van der Waals surface area contributed by atoms with Gasteiger partial charge in [0.2, 0.25) is 5.91 Å². The number of thioether (sulfide) groups is 1. The largest absolute Gasteiger partial charge is 0.508 e. The van der Waals surface area contributed by atoms with Gasteiger partial charge in [-0.1, -0.05) is 36.0 Å². The van der Waals surface area contributed by atoms with Gasteiger partial charge in [-0.3, -0.25) is 20.2 Å². The molecule has 0 fully saturated rings. The third kappa shape index (κ3) is 6.04. The first-order valence-corrected chi connectivity index (χ1v) is 12.4. The highest BCUT2D eigenvalue weighted by atomic mass is 32.2. The average Bonchev–Trinajstić information content (AvgIpc) is 3.37. The Morgan fingerprint density at radius 2 is 1.70 bits per heavy atom. The van der Waals surface area contributed by atoms with Gasteiger partial charge in [0.05, 0.1) is 25.7 Å². The summed E-state index contributed by atoms with van der Waals surface area (Å²) in [6.07, 6.45) is 1.83. The molecule has 1 amide bonds. The Morgan fingerprint density at radius 1 is 0.973 bits per heavy atom. The van der Waals surface area contributed by atoms with Gasteiger partial charge in [-0.25, -0.2) is 0 Å². The molecular formula is C27H27N5O4S. The normalized spacial score (nSPS) is 11.2. The maximum atomic E-state index is 12.7. The lowest BCUT2D eigenvalue weighted by Gasteiger charge is -2.13. The zero-order valence-corrected chi connectivity index (χ0v) is 21.5. The Balaban J connectivity index is 1.52. The summed E-state index contributed by atoms with van der Waals surface area (Å²) in [4.78, 5) is 12.7. The number of hydrogen-bond donors (Lipinski definition) is 3. The molecule has 0 spiro atoms. The van der Waals surface area contributed by atoms with E-state index in [4.69, 9.17) is 9.47 Å². The fourth-order valence-corrected chi connectivity index (χ4v) is 4.34. The van der Waals surface area contributed by atoms with Crippen LogP contribution in [0.2, 0.25) is 0 Å². The molecule has 10 heteroatoms. The molecule has 190 valence electrons. The minimum atomic E-state index is -0.238. The number of nitrogens with zero attached hydrogens (tertiary/aromatic N) is 3. The van der Waals surface area contributed by atoms with Crippen LogP contribution < -0.4 is 20.3 Å². The number of para-hydroxylation sites is 1. The number of carbonyl (C=O) groups excluding carboxylic acids is 1. The third-order valence-electron chi connectivity index (χ3n) is 5.43. The molecule has 4 aromatic rings. The molecule has 4 rings (SSSR count). The van der Waals surface area contributed by atoms with Crippen LogP contribution in [-0.2, 0) is 4.79 Å². The second kappa shape index (κ2) is 12.0. The number of hydrogen-bond acceptors (Lipinski definition) is 8. The SMILES string of the molecule is C/C=C(\NNC(=O)CSc1nnc(-c2ccc(OC)c(OC)c2)n1-c1ccccc1)c1ccc(O)cc1. The molecule has 0 atom stereocenters. The lowest BCUT2D eigenvalue weighted by Crippen LogP contribution is -2.37. The molecule has 37 heavy (non-hydrogen) atoms. The van der Waals surface area contributed by atoms with Gasteiger partial charge in [-0.15, -0.1) is 10.2 Å². The fourth-order valence-electron chi connectivity index (χ4n) is 3.59. The van der Waals surface area contributed by atoms with E-state index in [0.717, 1.165) is 16.8 Å². The average molecular weight is 518 g/mol. The monoisotopic (exact) mass is 517 g/mol. The van der Waals surface area contributed by atoms with Crippen LogP contribution in [0.5, 0.6) is 17.2 Å². The fraction of sp³-hybridized carbons (Fsp3) is 0.148. The van der Waals surface area contributed by atoms with Crippen LogP contribution in [0.1, 0.15) is 12.5 Å². The number of phenols is 1. The Kier molecular flexibility index (Phi) is 8.32. The number of methoxy groups -OCH3 is 2. The van der Waals surface area contributed by atoms with Crippen LogP contribution in [0.3, 0.4) is 0 Å². The van der Waals surface area contributed by atoms with Crippen molar-refractivity contribution >= 4 is 23.4 Å². The predicted octanol–water partition coefficient (Wildman–Crippen LogP) is 4.43. The van der Waals surface area contributed by atoms with E-state index in [-0.39, 0.29) is 17.4 Å². The minimum Gasteiger partial charge on any atom is -0.508 e. The second-order valence-corrected chi connectivity index (χ2v) is 8.70. The third-order valence-corrected chi connectivity index (χ3v) is 6.35. The lowest BCUT2D eigenvalue weighted by atomic mass is 10.1. The first-order chi connectivity index (χ1) is 18.0. The van der Waals surface area contributed by atoms with E-state index in [0.29, 0.717) is 28.2 Å². The number of ether oxygens (including phenoxy) is 2. The Labute approximate surface area is 219 Å². The summed E-state index contributed by atoms with van der Waals surface area (Å²) in [5.74, 6) is 1.85. The lowest BCUT2D eigenvalue weighted by molar-refractivity contribution is -0.119. The summed E-state index contributed by atoms with van der Waals surface area (Å²) in [6.45, 7) is 1.86. The molecule has 0 saturated heterocycles. The number of amides is 1. The number of hydrazine groups is 1. The first-order valence-electron chi connectivity index (χ1n) is 11.4. The zero-order valence-electron chi connectivity index (χ0n) is 20.6. The van der Waals surface area contributed by atoms with Crippen molar-refractivity contribution in [3.63, 3.8) is 0 Å². The minimum absolute atomic E-state index is 0.108. The zero-order chi connectivity index (χ0) is 26.2. The number of aromatic nitrogens is 3. The highest BCUT2D eigenvalue weighted by molar-refractivity contribution is 7.99. The van der Waals surface area contributed by atoms with Crippen molar-refractivity contribution in [3.05, 3.63) is 84.4 Å². The van der Waals surface area contributed by atoms with Gasteiger partial charge in [0, 0.05) is 11.3 Å². The Bertz CT molecular complexity index is 1390. The van der Waals surface area contributed by atoms with Crippen LogP contribution in [0.4, 0.5) is 0 Å². The quantitative estimate of drug-likeness (QED) is 0.209. The molecule has 3 aromatic carbocycles. The summed E-state index contributed by atoms with van der Waals surface area (Å²) in [7, 11) is 3.17. The standard InChI is InChI=1S/C27H27N5O4S/c1-4-22(18-10-13-21(33)14-11-18)28-29-25(34)17-37-27-31-30-26(32(27)20-8-6-5-7-9-20)19-12-15-23(35-2)24(16-19)36-3/h4-16,28,33H,17H2,1-3H3,(H,29,34)/b22-4-. The van der Waals surface area contributed by atoms with Crippen molar-refractivity contribution in [2.24, 2.45) is 0 Å². The highest BCUT2D eigenvalue weighted by Gasteiger charge is 2.19. The number of phenolic OH excluding ortho intramolecular Hbond substituents is 1. The van der Waals surface area contributed by atoms with Crippen molar-refractivity contribution in [3.8, 4) is 34.3 Å². The summed E-state index contributed by atoms with van der Waals surface area (Å²) in [6, 6.07) is 21.9. The van der Waals surface area contributed by atoms with E-state index in [1.807, 2.05) is 66.1 Å².